The zero-order valence-electron chi connectivity index (χ0n) is 13.1. The van der Waals surface area contributed by atoms with Gasteiger partial charge in [0.1, 0.15) is 6.04 Å². The molecule has 2 aliphatic heterocycles. The van der Waals surface area contributed by atoms with E-state index in [0.29, 0.717) is 29.7 Å². The van der Waals surface area contributed by atoms with Gasteiger partial charge in [0.05, 0.1) is 6.04 Å². The van der Waals surface area contributed by atoms with Gasteiger partial charge in [-0.15, -0.1) is 14.5 Å². The van der Waals surface area contributed by atoms with E-state index in [1.54, 1.807) is 0 Å². The van der Waals surface area contributed by atoms with Crippen LogP contribution in [-0.2, 0) is 21.1 Å². The highest BCUT2D eigenvalue weighted by molar-refractivity contribution is 7.80. The molecular formula is C13H18N4O6S. The van der Waals surface area contributed by atoms with Crippen molar-refractivity contribution in [3.8, 4) is 0 Å². The number of fused-ring (bicyclic) bond motifs is 2. The van der Waals surface area contributed by atoms with Crippen molar-refractivity contribution in [1.82, 2.24) is 20.2 Å². The molecule has 132 valence electrons. The Labute approximate surface area is 138 Å². The van der Waals surface area contributed by atoms with Crippen LogP contribution in [0.5, 0.6) is 0 Å². The molecule has 24 heavy (non-hydrogen) atoms. The maximum atomic E-state index is 12.4. The monoisotopic (exact) mass is 358 g/mol. The van der Waals surface area contributed by atoms with Gasteiger partial charge in [-0.3, -0.25) is 4.55 Å². The van der Waals surface area contributed by atoms with E-state index >= 15 is 0 Å². The highest BCUT2D eigenvalue weighted by Crippen LogP contribution is 2.47. The van der Waals surface area contributed by atoms with Crippen molar-refractivity contribution >= 4 is 16.4 Å². The van der Waals surface area contributed by atoms with Crippen LogP contribution in [0.1, 0.15) is 50.4 Å². The van der Waals surface area contributed by atoms with Crippen molar-refractivity contribution in [3.05, 3.63) is 11.8 Å². The van der Waals surface area contributed by atoms with E-state index in [1.807, 2.05) is 0 Å². The molecule has 10 nitrogen and oxygen atoms in total. The van der Waals surface area contributed by atoms with Gasteiger partial charge in [-0.1, -0.05) is 6.92 Å². The molecule has 2 amide bonds. The topological polar surface area (TPSA) is 126 Å². The Balaban J connectivity index is 1.51. The third-order valence-corrected chi connectivity index (χ3v) is 5.30. The largest absolute Gasteiger partial charge is 0.423 e. The Bertz CT molecular complexity index is 773. The zero-order chi connectivity index (χ0) is 17.1. The normalized spacial score (nSPS) is 28.5. The lowest BCUT2D eigenvalue weighted by molar-refractivity contribution is -0.0317. The smallest absolute Gasteiger partial charge is 0.418 e. The summed E-state index contributed by atoms with van der Waals surface area (Å²) in [6, 6.07) is -1.46. The molecule has 0 aromatic carbocycles. The van der Waals surface area contributed by atoms with Gasteiger partial charge in [-0.25, -0.2) is 4.79 Å². The van der Waals surface area contributed by atoms with E-state index < -0.39 is 28.5 Å². The molecule has 2 bridgehead atoms. The maximum absolute atomic E-state index is 12.4. The number of nitrogens with zero attached hydrogens (tertiary/aromatic N) is 4. The molecule has 2 saturated heterocycles. The number of rotatable bonds is 5. The van der Waals surface area contributed by atoms with Crippen LogP contribution in [0.25, 0.3) is 0 Å². The van der Waals surface area contributed by atoms with Crippen LogP contribution in [0.4, 0.5) is 4.79 Å². The van der Waals surface area contributed by atoms with Crippen LogP contribution in [0.2, 0.25) is 0 Å². The van der Waals surface area contributed by atoms with Gasteiger partial charge >= 0.3 is 16.4 Å². The lowest BCUT2D eigenvalue weighted by atomic mass is 10.0. The van der Waals surface area contributed by atoms with Gasteiger partial charge < -0.3 is 9.32 Å². The van der Waals surface area contributed by atoms with Crippen molar-refractivity contribution in [2.45, 2.75) is 51.1 Å². The second-order valence-electron chi connectivity index (χ2n) is 7.03. The summed E-state index contributed by atoms with van der Waals surface area (Å²) in [4.78, 5) is 13.8. The highest BCUT2D eigenvalue weighted by Gasteiger charge is 2.49. The van der Waals surface area contributed by atoms with Crippen molar-refractivity contribution < 1.29 is 26.5 Å². The predicted octanol–water partition coefficient (Wildman–Crippen LogP) is 1.09. The molecule has 1 N–H and O–H groups in total. The fourth-order valence-electron chi connectivity index (χ4n) is 3.32. The molecular weight excluding hydrogens is 340 g/mol. The molecule has 1 aromatic rings. The minimum Gasteiger partial charge on any atom is -0.423 e. The summed E-state index contributed by atoms with van der Waals surface area (Å²) in [7, 11) is -4.74. The molecule has 11 heteroatoms. The van der Waals surface area contributed by atoms with Gasteiger partial charge in [-0.2, -0.15) is 13.5 Å². The summed E-state index contributed by atoms with van der Waals surface area (Å²) in [6.07, 6.45) is 4.07. The van der Waals surface area contributed by atoms with E-state index in [9.17, 15) is 13.2 Å². The summed E-state index contributed by atoms with van der Waals surface area (Å²) < 4.78 is 40.7. The molecule has 1 saturated carbocycles. The first-order chi connectivity index (χ1) is 11.2. The average Bonchev–Trinajstić information content (AvgIpc) is 2.97. The van der Waals surface area contributed by atoms with Gasteiger partial charge in [0, 0.05) is 13.0 Å². The number of hydroxylamine groups is 2. The Morgan fingerprint density at radius 1 is 1.38 bits per heavy atom. The molecule has 3 fully saturated rings. The maximum Gasteiger partial charge on any atom is 0.418 e. The summed E-state index contributed by atoms with van der Waals surface area (Å²) in [6.45, 7) is 2.45. The Hall–Kier alpha value is -1.72. The van der Waals surface area contributed by atoms with E-state index in [2.05, 4.69) is 21.4 Å². The van der Waals surface area contributed by atoms with Crippen LogP contribution in [0.3, 0.4) is 0 Å². The first kappa shape index (κ1) is 15.8. The number of urea groups is 1. The van der Waals surface area contributed by atoms with E-state index in [-0.39, 0.29) is 12.0 Å². The number of aromatic nitrogens is 2. The molecule has 3 heterocycles. The SMILES string of the molecule is CC1(Cc2nnc([C@@H]3CC[C@@H]4CN3C(=O)N4OS(=O)(=O)O)o2)CC1. The quantitative estimate of drug-likeness (QED) is 0.775. The van der Waals surface area contributed by atoms with Gasteiger partial charge in [0.15, 0.2) is 0 Å². The van der Waals surface area contributed by atoms with E-state index in [4.69, 9.17) is 8.97 Å². The molecule has 0 spiro atoms. The summed E-state index contributed by atoms with van der Waals surface area (Å²) in [5.41, 5.74) is 0.241. The van der Waals surface area contributed by atoms with E-state index in [0.717, 1.165) is 19.3 Å². The third-order valence-electron chi connectivity index (χ3n) is 4.95. The predicted molar refractivity (Wildman–Crippen MR) is 77.7 cm³/mol. The molecule has 4 rings (SSSR count). The second-order valence-corrected chi connectivity index (χ2v) is 8.04. The fourth-order valence-corrected chi connectivity index (χ4v) is 3.70. The minimum absolute atomic E-state index is 0.241. The van der Waals surface area contributed by atoms with Crippen molar-refractivity contribution in [2.75, 3.05) is 6.54 Å². The Kier molecular flexibility index (Phi) is 3.38. The standard InChI is InChI=1S/C13H18N4O6S/c1-13(4-5-13)6-10-14-15-11(22-10)9-3-2-8-7-16(9)12(18)17(8)23-24(19,20)21/h8-9H,2-7H2,1H3,(H,19,20,21)/t8-,9+/m1/s1. The number of carbonyl (C=O) groups excluding carboxylic acids is 1. The van der Waals surface area contributed by atoms with Gasteiger partial charge in [-0.05, 0) is 31.1 Å². The molecule has 0 radical (unpaired) electrons. The minimum atomic E-state index is -4.74. The number of piperidine rings is 1. The van der Waals surface area contributed by atoms with Crippen LogP contribution in [0, 0.1) is 5.41 Å². The Morgan fingerprint density at radius 2 is 2.12 bits per heavy atom. The molecule has 2 atom stereocenters. The average molecular weight is 358 g/mol. The zero-order valence-corrected chi connectivity index (χ0v) is 13.9. The summed E-state index contributed by atoms with van der Waals surface area (Å²) >= 11 is 0. The molecule has 3 aliphatic rings. The third kappa shape index (κ3) is 2.87. The van der Waals surface area contributed by atoms with Crippen LogP contribution in [-0.4, -0.2) is 51.7 Å². The second kappa shape index (κ2) is 5.14. The molecule has 1 aliphatic carbocycles. The van der Waals surface area contributed by atoms with E-state index in [1.165, 1.54) is 4.90 Å². The lowest BCUT2D eigenvalue weighted by Crippen LogP contribution is -2.35. The van der Waals surface area contributed by atoms with Crippen molar-refractivity contribution in [2.24, 2.45) is 5.41 Å². The van der Waals surface area contributed by atoms with Gasteiger partial charge in [0.25, 0.3) is 0 Å². The van der Waals surface area contributed by atoms with Crippen molar-refractivity contribution in [1.29, 1.82) is 0 Å². The van der Waals surface area contributed by atoms with Crippen LogP contribution < -0.4 is 0 Å². The Morgan fingerprint density at radius 3 is 2.79 bits per heavy atom. The first-order valence-electron chi connectivity index (χ1n) is 7.83. The van der Waals surface area contributed by atoms with Crippen LogP contribution >= 0.6 is 0 Å². The number of hydrogen-bond donors (Lipinski definition) is 1. The van der Waals surface area contributed by atoms with Gasteiger partial charge in [0.2, 0.25) is 11.8 Å². The molecule has 0 unspecified atom stereocenters. The first-order valence-corrected chi connectivity index (χ1v) is 9.20. The highest BCUT2D eigenvalue weighted by atomic mass is 32.3. The fraction of sp³-hybridized carbons (Fsp3) is 0.769. The molecule has 1 aromatic heterocycles. The number of amides is 2. The van der Waals surface area contributed by atoms with Crippen molar-refractivity contribution in [3.63, 3.8) is 0 Å². The van der Waals surface area contributed by atoms with Crippen LogP contribution in [0.15, 0.2) is 4.42 Å². The number of carbonyl (C=O) groups is 1. The summed E-state index contributed by atoms with van der Waals surface area (Å²) in [5.74, 6) is 0.916. The lowest BCUT2D eigenvalue weighted by Gasteiger charge is -2.27. The number of hydrogen-bond acceptors (Lipinski definition) is 7. The summed E-state index contributed by atoms with van der Waals surface area (Å²) in [5, 5.41) is 8.84.